The van der Waals surface area contributed by atoms with Gasteiger partial charge in [0.1, 0.15) is 11.9 Å². The van der Waals surface area contributed by atoms with Gasteiger partial charge in [0, 0.05) is 65.4 Å². The zero-order valence-electron chi connectivity index (χ0n) is 21.0. The standard InChI is InChI=1S/C26H30N8O2S/c1-19(2)13-31-37(36)9-6-32(7-10-37)25-4-3-20(14-28-25)24-11-21(23-16-29-33(17-23)5-8-35)18-34-26(24)22(12-27)15-30-34/h3-4,11,14-19,35H,5-10,13H2,1-2H3. The summed E-state index contributed by atoms with van der Waals surface area (Å²) in [7, 11) is -2.14. The van der Waals surface area contributed by atoms with Crippen molar-refractivity contribution in [2.75, 3.05) is 42.6 Å². The van der Waals surface area contributed by atoms with E-state index in [-0.39, 0.29) is 6.61 Å². The Morgan fingerprint density at radius 2 is 1.92 bits per heavy atom. The molecule has 0 amide bonds. The molecule has 192 valence electrons. The van der Waals surface area contributed by atoms with E-state index < -0.39 is 9.73 Å². The number of anilines is 1. The molecule has 0 unspecified atom stereocenters. The van der Waals surface area contributed by atoms with E-state index >= 15 is 0 Å². The minimum Gasteiger partial charge on any atom is -0.394 e. The van der Waals surface area contributed by atoms with Crippen LogP contribution in [0.2, 0.25) is 0 Å². The van der Waals surface area contributed by atoms with Crippen LogP contribution < -0.4 is 4.90 Å². The summed E-state index contributed by atoms with van der Waals surface area (Å²) in [4.78, 5) is 6.88. The summed E-state index contributed by atoms with van der Waals surface area (Å²) in [5.41, 5.74) is 4.68. The smallest absolute Gasteiger partial charge is 0.128 e. The number of hydrogen-bond donors (Lipinski definition) is 1. The molecule has 0 bridgehead atoms. The lowest BCUT2D eigenvalue weighted by molar-refractivity contribution is 0.269. The summed E-state index contributed by atoms with van der Waals surface area (Å²) in [5.74, 6) is 2.35. The Bertz CT molecular complexity index is 1560. The molecule has 4 aromatic heterocycles. The van der Waals surface area contributed by atoms with Crippen LogP contribution in [-0.4, -0.2) is 71.4 Å². The van der Waals surface area contributed by atoms with Gasteiger partial charge in [0.05, 0.1) is 52.9 Å². The van der Waals surface area contributed by atoms with Crippen molar-refractivity contribution < 1.29 is 9.32 Å². The molecule has 0 radical (unpaired) electrons. The van der Waals surface area contributed by atoms with E-state index in [2.05, 4.69) is 39.4 Å². The van der Waals surface area contributed by atoms with Crippen molar-refractivity contribution in [1.82, 2.24) is 24.4 Å². The molecule has 10 nitrogen and oxygen atoms in total. The van der Waals surface area contributed by atoms with Crippen molar-refractivity contribution in [2.45, 2.75) is 20.4 Å². The number of fused-ring (bicyclic) bond motifs is 1. The SMILES string of the molecule is CC(C)CN=S1(=O)CCN(c2ccc(-c3cc(-c4cnn(CCO)c4)cn4ncc(C#N)c34)cn2)CC1. The Balaban J connectivity index is 1.45. The number of nitrogens with zero attached hydrogens (tertiary/aromatic N) is 8. The summed E-state index contributed by atoms with van der Waals surface area (Å²) < 4.78 is 20.9. The van der Waals surface area contributed by atoms with Crippen LogP contribution in [0.1, 0.15) is 19.4 Å². The van der Waals surface area contributed by atoms with E-state index in [1.54, 1.807) is 21.6 Å². The van der Waals surface area contributed by atoms with E-state index in [0.29, 0.717) is 54.7 Å². The predicted octanol–water partition coefficient (Wildman–Crippen LogP) is 3.07. The summed E-state index contributed by atoms with van der Waals surface area (Å²) >= 11 is 0. The average molecular weight is 519 g/mol. The van der Waals surface area contributed by atoms with Gasteiger partial charge in [0.2, 0.25) is 0 Å². The average Bonchev–Trinajstić information content (AvgIpc) is 3.55. The highest BCUT2D eigenvalue weighted by Gasteiger charge is 2.22. The molecule has 0 atom stereocenters. The summed E-state index contributed by atoms with van der Waals surface area (Å²) in [6.07, 6.45) is 8.87. The lowest BCUT2D eigenvalue weighted by Gasteiger charge is -2.30. The van der Waals surface area contributed by atoms with Crippen molar-refractivity contribution in [3.8, 4) is 28.3 Å². The molecule has 0 spiro atoms. The normalized spacial score (nSPS) is 15.3. The number of pyridine rings is 2. The summed E-state index contributed by atoms with van der Waals surface area (Å²) in [6, 6.07) is 8.22. The summed E-state index contributed by atoms with van der Waals surface area (Å²) in [5, 5.41) is 27.6. The van der Waals surface area contributed by atoms with Crippen LogP contribution in [0.3, 0.4) is 0 Å². The molecular formula is C26H30N8O2S. The fraction of sp³-hybridized carbons (Fsp3) is 0.385. The molecular weight excluding hydrogens is 488 g/mol. The van der Waals surface area contributed by atoms with Crippen LogP contribution in [0.25, 0.3) is 27.8 Å². The van der Waals surface area contributed by atoms with Gasteiger partial charge in [0.25, 0.3) is 0 Å². The first-order valence-corrected chi connectivity index (χ1v) is 14.2. The van der Waals surface area contributed by atoms with Gasteiger partial charge in [-0.15, -0.1) is 0 Å². The van der Waals surface area contributed by atoms with Crippen LogP contribution in [-0.2, 0) is 16.3 Å². The summed E-state index contributed by atoms with van der Waals surface area (Å²) in [6.45, 7) is 6.55. The lowest BCUT2D eigenvalue weighted by atomic mass is 10.0. The van der Waals surface area contributed by atoms with Crippen LogP contribution in [0.4, 0.5) is 5.82 Å². The molecule has 11 heteroatoms. The zero-order chi connectivity index (χ0) is 26.0. The maximum atomic E-state index is 13.0. The third-order valence-electron chi connectivity index (χ3n) is 6.45. The van der Waals surface area contributed by atoms with Crippen molar-refractivity contribution in [2.24, 2.45) is 10.3 Å². The Labute approximate surface area is 216 Å². The second-order valence-electron chi connectivity index (χ2n) is 9.60. The molecule has 0 aromatic carbocycles. The minimum absolute atomic E-state index is 0.00888. The van der Waals surface area contributed by atoms with Gasteiger partial charge < -0.3 is 10.0 Å². The number of hydrogen-bond acceptors (Lipinski definition) is 8. The Kier molecular flexibility index (Phi) is 6.95. The highest BCUT2D eigenvalue weighted by atomic mass is 32.2. The Morgan fingerprint density at radius 3 is 2.59 bits per heavy atom. The van der Waals surface area contributed by atoms with Crippen molar-refractivity contribution in [1.29, 1.82) is 5.26 Å². The van der Waals surface area contributed by atoms with Crippen LogP contribution >= 0.6 is 0 Å². The molecule has 0 aliphatic carbocycles. The first-order chi connectivity index (χ1) is 17.9. The monoisotopic (exact) mass is 518 g/mol. The fourth-order valence-electron chi connectivity index (χ4n) is 4.41. The van der Waals surface area contributed by atoms with E-state index in [9.17, 15) is 14.6 Å². The van der Waals surface area contributed by atoms with Crippen LogP contribution in [0.15, 0.2) is 53.5 Å². The molecule has 1 N–H and O–H groups in total. The third kappa shape index (κ3) is 5.21. The van der Waals surface area contributed by atoms with Gasteiger partial charge in [-0.2, -0.15) is 15.5 Å². The van der Waals surface area contributed by atoms with Gasteiger partial charge in [-0.1, -0.05) is 13.8 Å². The number of aliphatic hydroxyl groups excluding tert-OH is 1. The molecule has 4 aromatic rings. The third-order valence-corrected chi connectivity index (χ3v) is 8.71. The van der Waals surface area contributed by atoms with Crippen molar-refractivity contribution in [3.63, 3.8) is 0 Å². The van der Waals surface area contributed by atoms with Crippen LogP contribution in [0.5, 0.6) is 0 Å². The minimum atomic E-state index is -2.14. The fourth-order valence-corrected chi connectivity index (χ4v) is 6.46. The highest BCUT2D eigenvalue weighted by Crippen LogP contribution is 2.32. The molecule has 1 aliphatic heterocycles. The van der Waals surface area contributed by atoms with Crippen LogP contribution in [0, 0.1) is 17.2 Å². The van der Waals surface area contributed by atoms with Crippen molar-refractivity contribution >= 4 is 21.1 Å². The van der Waals surface area contributed by atoms with E-state index in [1.165, 1.54) is 0 Å². The van der Waals surface area contributed by atoms with Crippen molar-refractivity contribution in [3.05, 3.63) is 54.7 Å². The van der Waals surface area contributed by atoms with E-state index in [1.807, 2.05) is 36.8 Å². The van der Waals surface area contributed by atoms with Gasteiger partial charge in [-0.05, 0) is 24.1 Å². The number of rotatable bonds is 7. The Morgan fingerprint density at radius 1 is 1.11 bits per heavy atom. The van der Waals surface area contributed by atoms with E-state index in [4.69, 9.17) is 4.98 Å². The number of aromatic nitrogens is 5. The van der Waals surface area contributed by atoms with Gasteiger partial charge in [0.15, 0.2) is 0 Å². The molecule has 0 saturated carbocycles. The number of aliphatic hydroxyl groups is 1. The highest BCUT2D eigenvalue weighted by molar-refractivity contribution is 7.93. The first kappa shape index (κ1) is 24.9. The molecule has 1 aliphatic rings. The molecule has 1 fully saturated rings. The molecule has 5 rings (SSSR count). The topological polar surface area (TPSA) is 125 Å². The molecule has 5 heterocycles. The van der Waals surface area contributed by atoms with E-state index in [0.717, 1.165) is 28.1 Å². The van der Waals surface area contributed by atoms with Gasteiger partial charge in [-0.3, -0.25) is 4.68 Å². The number of nitriles is 1. The predicted molar refractivity (Wildman–Crippen MR) is 144 cm³/mol. The maximum absolute atomic E-state index is 13.0. The quantitative estimate of drug-likeness (QED) is 0.399. The first-order valence-electron chi connectivity index (χ1n) is 12.3. The maximum Gasteiger partial charge on any atom is 0.128 e. The second-order valence-corrected chi connectivity index (χ2v) is 12.2. The molecule has 1 saturated heterocycles. The Hall–Kier alpha value is -3.75. The largest absolute Gasteiger partial charge is 0.394 e. The molecule has 37 heavy (non-hydrogen) atoms. The zero-order valence-corrected chi connectivity index (χ0v) is 21.8. The van der Waals surface area contributed by atoms with Gasteiger partial charge >= 0.3 is 0 Å². The second kappa shape index (κ2) is 10.3. The van der Waals surface area contributed by atoms with Gasteiger partial charge in [-0.25, -0.2) is 18.1 Å². The lowest BCUT2D eigenvalue weighted by Crippen LogP contribution is -2.40.